The number of allylic oxidation sites excluding steroid dienone is 2. The number of thioether (sulfide) groups is 1. The van der Waals surface area contributed by atoms with E-state index in [9.17, 15) is 14.4 Å². The molecule has 0 unspecified atom stereocenters. The van der Waals surface area contributed by atoms with E-state index in [0.29, 0.717) is 11.4 Å². The second-order valence-corrected chi connectivity index (χ2v) is 5.73. The van der Waals surface area contributed by atoms with E-state index in [-0.39, 0.29) is 22.9 Å². The van der Waals surface area contributed by atoms with Gasteiger partial charge in [-0.25, -0.2) is 4.79 Å². The summed E-state index contributed by atoms with van der Waals surface area (Å²) in [7, 11) is 1.32. The fraction of sp³-hybridized carbons (Fsp3) is 0.429. The number of amides is 1. The number of unbranched alkanes of at least 4 members (excludes halogenated alkanes) is 2. The van der Waals surface area contributed by atoms with Gasteiger partial charge in [-0.3, -0.25) is 9.59 Å². The summed E-state index contributed by atoms with van der Waals surface area (Å²) >= 11 is 1.35. The average molecular weight is 324 g/mol. The normalized spacial score (nSPS) is 13.6. The van der Waals surface area contributed by atoms with E-state index >= 15 is 0 Å². The molecule has 8 heteroatoms. The minimum absolute atomic E-state index is 0.0169. The summed E-state index contributed by atoms with van der Waals surface area (Å²) in [6.07, 6.45) is 4.77. The number of fused-ring (bicyclic) bond motifs is 1. The lowest BCUT2D eigenvalue weighted by Gasteiger charge is -2.09. The maximum atomic E-state index is 12.1. The molecule has 0 saturated carbocycles. The lowest BCUT2D eigenvalue weighted by Crippen LogP contribution is -2.23. The van der Waals surface area contributed by atoms with Crippen molar-refractivity contribution in [3.8, 4) is 0 Å². The SMILES string of the molecule is COC(=O)NCCCCCSC1=CC(=O)c2oncc2C1=O. The Morgan fingerprint density at radius 2 is 2.18 bits per heavy atom. The molecule has 0 radical (unpaired) electrons. The number of aromatic nitrogens is 1. The summed E-state index contributed by atoms with van der Waals surface area (Å²) < 4.78 is 9.22. The molecule has 0 atom stereocenters. The molecule has 118 valence electrons. The number of alkyl carbamates (subject to hydrolysis) is 1. The smallest absolute Gasteiger partial charge is 0.406 e. The molecule has 1 N–H and O–H groups in total. The Labute approximate surface area is 131 Å². The van der Waals surface area contributed by atoms with Crippen LogP contribution in [-0.2, 0) is 4.74 Å². The number of ketones is 2. The molecule has 0 saturated heterocycles. The van der Waals surface area contributed by atoms with Crippen molar-refractivity contribution in [3.63, 3.8) is 0 Å². The van der Waals surface area contributed by atoms with Crippen molar-refractivity contribution in [1.29, 1.82) is 0 Å². The van der Waals surface area contributed by atoms with Gasteiger partial charge in [-0.2, -0.15) is 0 Å². The van der Waals surface area contributed by atoms with Gasteiger partial charge < -0.3 is 14.6 Å². The van der Waals surface area contributed by atoms with Gasteiger partial charge in [0.2, 0.25) is 17.3 Å². The predicted molar refractivity (Wildman–Crippen MR) is 80.0 cm³/mol. The second kappa shape index (κ2) is 7.79. The van der Waals surface area contributed by atoms with Crippen LogP contribution in [0.15, 0.2) is 21.7 Å². The molecule has 1 heterocycles. The van der Waals surface area contributed by atoms with Gasteiger partial charge in [-0.05, 0) is 18.6 Å². The number of ether oxygens (including phenoxy) is 1. The van der Waals surface area contributed by atoms with Crippen LogP contribution in [0.2, 0.25) is 0 Å². The van der Waals surface area contributed by atoms with Crippen molar-refractivity contribution < 1.29 is 23.6 Å². The molecule has 0 bridgehead atoms. The van der Waals surface area contributed by atoms with Crippen molar-refractivity contribution in [2.45, 2.75) is 19.3 Å². The molecule has 1 aliphatic carbocycles. The molecule has 1 amide bonds. The highest BCUT2D eigenvalue weighted by Gasteiger charge is 2.29. The van der Waals surface area contributed by atoms with Gasteiger partial charge in [0, 0.05) is 12.6 Å². The van der Waals surface area contributed by atoms with Crippen molar-refractivity contribution in [1.82, 2.24) is 10.5 Å². The Hall–Kier alpha value is -2.09. The monoisotopic (exact) mass is 324 g/mol. The van der Waals surface area contributed by atoms with Crippen LogP contribution in [0, 0.1) is 0 Å². The summed E-state index contributed by atoms with van der Waals surface area (Å²) in [6.45, 7) is 0.557. The number of carbonyl (C=O) groups excluding carboxylic acids is 3. The molecule has 0 aromatic carbocycles. The third-order valence-electron chi connectivity index (χ3n) is 3.06. The lowest BCUT2D eigenvalue weighted by atomic mass is 10.0. The number of nitrogens with one attached hydrogen (secondary N) is 1. The van der Waals surface area contributed by atoms with Gasteiger partial charge in [0.1, 0.15) is 0 Å². The maximum Gasteiger partial charge on any atom is 0.406 e. The first-order chi connectivity index (χ1) is 10.6. The van der Waals surface area contributed by atoms with Crippen LogP contribution in [0.25, 0.3) is 0 Å². The van der Waals surface area contributed by atoms with Crippen LogP contribution in [-0.4, -0.2) is 42.2 Å². The molecule has 0 spiro atoms. The van der Waals surface area contributed by atoms with Crippen LogP contribution >= 0.6 is 11.8 Å². The highest BCUT2D eigenvalue weighted by molar-refractivity contribution is 8.04. The minimum Gasteiger partial charge on any atom is -0.453 e. The summed E-state index contributed by atoms with van der Waals surface area (Å²) in [6, 6.07) is 0. The van der Waals surface area contributed by atoms with E-state index in [0.717, 1.165) is 25.0 Å². The summed E-state index contributed by atoms with van der Waals surface area (Å²) in [5.74, 6) is 0.206. The maximum absolute atomic E-state index is 12.1. The highest BCUT2D eigenvalue weighted by Crippen LogP contribution is 2.28. The van der Waals surface area contributed by atoms with Gasteiger partial charge in [-0.1, -0.05) is 11.6 Å². The fourth-order valence-electron chi connectivity index (χ4n) is 1.92. The van der Waals surface area contributed by atoms with Crippen LogP contribution in [0.1, 0.15) is 40.2 Å². The zero-order valence-corrected chi connectivity index (χ0v) is 12.9. The van der Waals surface area contributed by atoms with Crippen LogP contribution in [0.4, 0.5) is 4.79 Å². The van der Waals surface area contributed by atoms with E-state index in [1.54, 1.807) is 0 Å². The molecule has 1 aromatic rings. The number of hydrogen-bond acceptors (Lipinski definition) is 7. The van der Waals surface area contributed by atoms with Crippen LogP contribution in [0.5, 0.6) is 0 Å². The first-order valence-corrected chi connectivity index (χ1v) is 7.82. The van der Waals surface area contributed by atoms with Crippen molar-refractivity contribution in [2.75, 3.05) is 19.4 Å². The Kier molecular flexibility index (Phi) is 5.76. The number of methoxy groups -OCH3 is 1. The van der Waals surface area contributed by atoms with Gasteiger partial charge >= 0.3 is 6.09 Å². The number of rotatable bonds is 7. The average Bonchev–Trinajstić information content (AvgIpc) is 3.01. The molecule has 1 aromatic heterocycles. The third-order valence-corrected chi connectivity index (χ3v) is 4.17. The number of carbonyl (C=O) groups is 3. The topological polar surface area (TPSA) is 98.5 Å². The Balaban J connectivity index is 1.69. The summed E-state index contributed by atoms with van der Waals surface area (Å²) in [4.78, 5) is 35.1. The molecule has 0 aliphatic heterocycles. The Morgan fingerprint density at radius 1 is 1.36 bits per heavy atom. The Morgan fingerprint density at radius 3 is 2.95 bits per heavy atom. The first-order valence-electron chi connectivity index (χ1n) is 6.83. The van der Waals surface area contributed by atoms with Crippen molar-refractivity contribution in [2.24, 2.45) is 0 Å². The standard InChI is InChI=1S/C14H16N2O5S/c1-20-14(19)15-5-3-2-4-6-22-11-7-10(17)13-9(12(11)18)8-16-21-13/h7-8H,2-6H2,1H3,(H,15,19). The lowest BCUT2D eigenvalue weighted by molar-refractivity contribution is 0.0967. The summed E-state index contributed by atoms with van der Waals surface area (Å²) in [5.41, 5.74) is 0.234. The van der Waals surface area contributed by atoms with Gasteiger partial charge in [0.15, 0.2) is 0 Å². The van der Waals surface area contributed by atoms with Crippen molar-refractivity contribution in [3.05, 3.63) is 28.5 Å². The number of hydrogen-bond donors (Lipinski definition) is 1. The predicted octanol–water partition coefficient (Wildman–Crippen LogP) is 2.20. The molecule has 1 aliphatic rings. The zero-order valence-electron chi connectivity index (χ0n) is 12.1. The fourth-order valence-corrected chi connectivity index (χ4v) is 2.92. The van der Waals surface area contributed by atoms with Gasteiger partial charge in [-0.15, -0.1) is 11.8 Å². The zero-order chi connectivity index (χ0) is 15.9. The molecular weight excluding hydrogens is 308 g/mol. The van der Waals surface area contributed by atoms with Gasteiger partial charge in [0.05, 0.1) is 23.8 Å². The Bertz CT molecular complexity index is 608. The van der Waals surface area contributed by atoms with E-state index in [1.807, 2.05) is 0 Å². The third kappa shape index (κ3) is 3.97. The van der Waals surface area contributed by atoms with E-state index in [1.165, 1.54) is 31.1 Å². The highest BCUT2D eigenvalue weighted by atomic mass is 32.2. The van der Waals surface area contributed by atoms with Crippen molar-refractivity contribution >= 4 is 29.4 Å². The minimum atomic E-state index is -0.435. The largest absolute Gasteiger partial charge is 0.453 e. The van der Waals surface area contributed by atoms with Crippen LogP contribution < -0.4 is 5.32 Å². The number of nitrogens with zero attached hydrogens (tertiary/aromatic N) is 1. The molecule has 22 heavy (non-hydrogen) atoms. The second-order valence-electron chi connectivity index (χ2n) is 4.60. The molecule has 2 rings (SSSR count). The quantitative estimate of drug-likeness (QED) is 0.768. The van der Waals surface area contributed by atoms with Gasteiger partial charge in [0.25, 0.3) is 0 Å². The van der Waals surface area contributed by atoms with Crippen LogP contribution in [0.3, 0.4) is 0 Å². The molecule has 0 fully saturated rings. The molecule has 7 nitrogen and oxygen atoms in total. The van der Waals surface area contributed by atoms with E-state index in [4.69, 9.17) is 4.52 Å². The molecular formula is C14H16N2O5S. The van der Waals surface area contributed by atoms with E-state index in [2.05, 4.69) is 15.2 Å². The summed E-state index contributed by atoms with van der Waals surface area (Å²) in [5, 5.41) is 6.08. The first kappa shape index (κ1) is 16.3. The number of Topliss-reactive ketones (excluding diaryl/α,β-unsaturated/α-hetero) is 1. The van der Waals surface area contributed by atoms with E-state index < -0.39 is 6.09 Å².